The number of halogens is 3. The van der Waals surface area contributed by atoms with Gasteiger partial charge < -0.3 is 41.1 Å². The summed E-state index contributed by atoms with van der Waals surface area (Å²) in [7, 11) is 0. The number of H-pyrrole nitrogens is 2. The first kappa shape index (κ1) is 47.3. The number of ether oxygens (including phenoxy) is 2. The van der Waals surface area contributed by atoms with Crippen molar-refractivity contribution in [1.29, 1.82) is 0 Å². The number of amides is 2. The molecule has 2 aliphatic rings. The van der Waals surface area contributed by atoms with Gasteiger partial charge in [0.1, 0.15) is 11.2 Å². The molecule has 63 heavy (non-hydrogen) atoms. The van der Waals surface area contributed by atoms with Gasteiger partial charge >= 0.3 is 12.2 Å². The summed E-state index contributed by atoms with van der Waals surface area (Å²) in [6, 6.07) is 16.5. The number of nitrogens with zero attached hydrogens (tertiary/aromatic N) is 4. The number of hydrogen-bond donors (Lipinski definition) is 6. The van der Waals surface area contributed by atoms with Crippen molar-refractivity contribution in [2.24, 2.45) is 5.73 Å². The maximum atomic E-state index is 12.1. The number of nitrogens with two attached hydrogens (primary N) is 1. The highest BCUT2D eigenvalue weighted by atomic mass is 35.5. The number of hydrogen-bond acceptors (Lipinski definition) is 10. The van der Waals surface area contributed by atoms with Crippen LogP contribution in [-0.4, -0.2) is 77.5 Å². The lowest BCUT2D eigenvalue weighted by Crippen LogP contribution is -2.44. The highest BCUT2D eigenvalue weighted by molar-refractivity contribution is 6.34. The zero-order valence-corrected chi connectivity index (χ0v) is 38.8. The van der Waals surface area contributed by atoms with Gasteiger partial charge in [-0.05, 0) is 129 Å². The van der Waals surface area contributed by atoms with Gasteiger partial charge in [0.15, 0.2) is 0 Å². The van der Waals surface area contributed by atoms with E-state index in [1.807, 2.05) is 102 Å². The van der Waals surface area contributed by atoms with Crippen molar-refractivity contribution in [2.45, 2.75) is 128 Å². The van der Waals surface area contributed by atoms with Crippen LogP contribution in [0.2, 0.25) is 15.3 Å². The van der Waals surface area contributed by atoms with Crippen LogP contribution >= 0.6 is 34.8 Å². The van der Waals surface area contributed by atoms with Gasteiger partial charge in [-0.3, -0.25) is 0 Å². The Hall–Kier alpha value is -5.15. The SMILES string of the molecule is CC(C)(C)OC(=O)N[C@H]1CCC[C@@H](N)C1.CC(C)(C)OC(=O)N[C@H]1CCC[C@@H](Nc2ncc(Cl)c(-c3cccc4[nH]ccc34)n2)C1.Clc1ncc(Cl)c(-c2cccc3[nH]ccc23)n1. The minimum Gasteiger partial charge on any atom is -0.444 e. The summed E-state index contributed by atoms with van der Waals surface area (Å²) < 4.78 is 10.6. The zero-order valence-electron chi connectivity index (χ0n) is 36.5. The fourth-order valence-electron chi connectivity index (χ4n) is 7.69. The van der Waals surface area contributed by atoms with Gasteiger partial charge in [0.25, 0.3) is 0 Å². The second-order valence-electron chi connectivity index (χ2n) is 17.8. The zero-order chi connectivity index (χ0) is 45.3. The van der Waals surface area contributed by atoms with E-state index in [9.17, 15) is 9.59 Å². The molecule has 2 saturated carbocycles. The van der Waals surface area contributed by atoms with Crippen molar-refractivity contribution in [3.63, 3.8) is 0 Å². The predicted molar refractivity (Wildman–Crippen MR) is 252 cm³/mol. The first-order valence-corrected chi connectivity index (χ1v) is 22.4. The van der Waals surface area contributed by atoms with Gasteiger partial charge in [0.2, 0.25) is 11.2 Å². The molecule has 0 spiro atoms. The quantitative estimate of drug-likeness (QED) is 0.0874. The average molecular weight is 920 g/mol. The monoisotopic (exact) mass is 918 g/mol. The fourth-order valence-corrected chi connectivity index (χ4v) is 8.20. The first-order valence-electron chi connectivity index (χ1n) is 21.3. The summed E-state index contributed by atoms with van der Waals surface area (Å²) in [6.07, 6.45) is 13.9. The molecule has 14 nitrogen and oxygen atoms in total. The van der Waals surface area contributed by atoms with E-state index in [-0.39, 0.29) is 41.6 Å². The van der Waals surface area contributed by atoms with Crippen LogP contribution in [0, 0.1) is 0 Å². The Morgan fingerprint density at radius 3 is 1.70 bits per heavy atom. The van der Waals surface area contributed by atoms with Crippen molar-refractivity contribution in [3.8, 4) is 22.5 Å². The molecule has 0 aliphatic heterocycles. The van der Waals surface area contributed by atoms with E-state index in [4.69, 9.17) is 55.0 Å². The molecule has 336 valence electrons. The molecule has 4 atom stereocenters. The molecule has 2 aliphatic carbocycles. The molecule has 7 N–H and O–H groups in total. The Bertz CT molecular complexity index is 2480. The first-order chi connectivity index (χ1) is 29.9. The number of benzene rings is 2. The highest BCUT2D eigenvalue weighted by Crippen LogP contribution is 2.34. The lowest BCUT2D eigenvalue weighted by atomic mass is 9.91. The van der Waals surface area contributed by atoms with Crippen LogP contribution in [0.15, 0.2) is 73.3 Å². The number of carbonyl (C=O) groups excluding carboxylic acids is 2. The molecule has 0 radical (unpaired) electrons. The molecule has 4 aromatic heterocycles. The van der Waals surface area contributed by atoms with Crippen molar-refractivity contribution in [3.05, 3.63) is 88.6 Å². The molecule has 0 saturated heterocycles. The Labute approximate surface area is 383 Å². The Balaban J connectivity index is 0.000000174. The summed E-state index contributed by atoms with van der Waals surface area (Å²) in [5, 5.41) is 12.6. The van der Waals surface area contributed by atoms with Crippen LogP contribution in [0.1, 0.15) is 92.9 Å². The molecule has 2 amide bonds. The van der Waals surface area contributed by atoms with Crippen molar-refractivity contribution >= 4 is 74.7 Å². The number of fused-ring (bicyclic) bond motifs is 2. The summed E-state index contributed by atoms with van der Waals surface area (Å²) in [5.74, 6) is 0.537. The molecule has 17 heteroatoms. The lowest BCUT2D eigenvalue weighted by Gasteiger charge is -2.31. The Kier molecular flexibility index (Phi) is 15.8. The molecular formula is C46H57Cl3N10O4. The maximum absolute atomic E-state index is 12.1. The molecule has 6 aromatic rings. The minimum absolute atomic E-state index is 0.0569. The molecule has 2 aromatic carbocycles. The van der Waals surface area contributed by atoms with Gasteiger partial charge in [-0.2, -0.15) is 0 Å². The van der Waals surface area contributed by atoms with E-state index in [1.165, 1.54) is 6.20 Å². The van der Waals surface area contributed by atoms with E-state index in [0.29, 0.717) is 27.4 Å². The molecule has 0 bridgehead atoms. The third kappa shape index (κ3) is 13.9. The van der Waals surface area contributed by atoms with Crippen molar-refractivity contribution in [1.82, 2.24) is 40.5 Å². The Morgan fingerprint density at radius 2 is 1.16 bits per heavy atom. The smallest absolute Gasteiger partial charge is 0.407 e. The highest BCUT2D eigenvalue weighted by Gasteiger charge is 2.27. The van der Waals surface area contributed by atoms with E-state index >= 15 is 0 Å². The average Bonchev–Trinajstić information content (AvgIpc) is 3.89. The van der Waals surface area contributed by atoms with Gasteiger partial charge in [-0.15, -0.1) is 0 Å². The van der Waals surface area contributed by atoms with Crippen LogP contribution in [-0.2, 0) is 9.47 Å². The summed E-state index contributed by atoms with van der Waals surface area (Å²) >= 11 is 18.4. The number of aromatic amines is 2. The molecular weight excluding hydrogens is 863 g/mol. The molecule has 0 unspecified atom stereocenters. The van der Waals surface area contributed by atoms with Crippen LogP contribution < -0.4 is 21.7 Å². The number of alkyl carbamates (subject to hydrolysis) is 2. The van der Waals surface area contributed by atoms with Crippen LogP contribution in [0.5, 0.6) is 0 Å². The number of rotatable bonds is 6. The summed E-state index contributed by atoms with van der Waals surface area (Å²) in [5.41, 5.74) is 10.2. The van der Waals surface area contributed by atoms with Gasteiger partial charge in [-0.1, -0.05) is 47.5 Å². The van der Waals surface area contributed by atoms with E-state index in [1.54, 1.807) is 6.20 Å². The van der Waals surface area contributed by atoms with Crippen LogP contribution in [0.25, 0.3) is 44.3 Å². The van der Waals surface area contributed by atoms with E-state index < -0.39 is 11.2 Å². The predicted octanol–water partition coefficient (Wildman–Crippen LogP) is 11.2. The fraction of sp³-hybridized carbons (Fsp3) is 0.435. The van der Waals surface area contributed by atoms with Crippen molar-refractivity contribution < 1.29 is 19.1 Å². The van der Waals surface area contributed by atoms with Crippen molar-refractivity contribution in [2.75, 3.05) is 5.32 Å². The topological polar surface area (TPSA) is 198 Å². The largest absolute Gasteiger partial charge is 0.444 e. The molecule has 4 heterocycles. The van der Waals surface area contributed by atoms with E-state index in [2.05, 4.69) is 40.9 Å². The normalized spacial score (nSPS) is 18.9. The molecule has 2 fully saturated rings. The minimum atomic E-state index is -0.508. The van der Waals surface area contributed by atoms with Gasteiger partial charge in [0, 0.05) is 69.5 Å². The third-order valence-electron chi connectivity index (χ3n) is 10.3. The standard InChI is InChI=1S/C23H28ClN5O2.C12H7Cl2N3.C11H22N2O2/c1-23(2,3)31-22(30)28-15-7-4-6-14(12-15)27-21-26-13-18(24)20(29-21)17-8-5-9-19-16(17)10-11-25-19;13-9-6-16-12(14)17-11(9)8-2-1-3-10-7(8)4-5-15-10;1-11(2,3)15-10(14)13-9-6-4-5-8(12)7-9/h5,8-11,13-15,25H,4,6-7,12H2,1-3H3,(H,28,30)(H,26,27,29);1-6,15H;8-9H,4-7,12H2,1-3H3,(H,13,14)/t14-,15+;;8-,9+/m1.1/s1. The van der Waals surface area contributed by atoms with Gasteiger partial charge in [-0.25, -0.2) is 29.5 Å². The van der Waals surface area contributed by atoms with Crippen LogP contribution in [0.3, 0.4) is 0 Å². The molecule has 8 rings (SSSR count). The lowest BCUT2D eigenvalue weighted by molar-refractivity contribution is 0.0479. The van der Waals surface area contributed by atoms with Crippen LogP contribution in [0.4, 0.5) is 15.5 Å². The second-order valence-corrected chi connectivity index (χ2v) is 19.0. The number of carbonyl (C=O) groups is 2. The Morgan fingerprint density at radius 1 is 0.667 bits per heavy atom. The number of anilines is 1. The third-order valence-corrected chi connectivity index (χ3v) is 11.1. The maximum Gasteiger partial charge on any atom is 0.407 e. The number of nitrogens with one attached hydrogen (secondary N) is 5. The van der Waals surface area contributed by atoms with E-state index in [0.717, 1.165) is 84.3 Å². The summed E-state index contributed by atoms with van der Waals surface area (Å²) in [4.78, 5) is 47.1. The summed E-state index contributed by atoms with van der Waals surface area (Å²) in [6.45, 7) is 11.2. The second kappa shape index (κ2) is 21.0. The van der Waals surface area contributed by atoms with Gasteiger partial charge in [0.05, 0.1) is 33.8 Å². The number of aromatic nitrogens is 6.